The van der Waals surface area contributed by atoms with E-state index in [1.165, 1.54) is 18.4 Å². The van der Waals surface area contributed by atoms with Crippen molar-refractivity contribution < 1.29 is 4.79 Å². The minimum atomic E-state index is -0.151. The number of nitrogens with zero attached hydrogens (tertiary/aromatic N) is 5. The largest absolute Gasteiger partial charge is 0.345 e. The Bertz CT molecular complexity index is 1560. The average molecular weight is 533 g/mol. The summed E-state index contributed by atoms with van der Waals surface area (Å²) in [7, 11) is 2.15. The molecule has 3 aromatic heterocycles. The van der Waals surface area contributed by atoms with E-state index in [9.17, 15) is 4.79 Å². The smallest absolute Gasteiger partial charge is 0.252 e. The molecule has 1 amide bonds. The SMILES string of the molecule is CCCCN(C)Cc1cccc(-c2cc(C(=O)N[C@@H](C)c3ccccc3)c3cnn(Cc4cccnc4)c3n2)c1. The number of nitrogens with one attached hydrogen (secondary N) is 1. The lowest BCUT2D eigenvalue weighted by molar-refractivity contribution is 0.0941. The predicted molar refractivity (Wildman–Crippen MR) is 160 cm³/mol. The monoisotopic (exact) mass is 532 g/mol. The van der Waals surface area contributed by atoms with Crippen LogP contribution in [-0.2, 0) is 13.1 Å². The van der Waals surface area contributed by atoms with Crippen LogP contribution in [0.5, 0.6) is 0 Å². The third-order valence-electron chi connectivity index (χ3n) is 7.12. The molecule has 1 atom stereocenters. The molecule has 0 unspecified atom stereocenters. The molecule has 5 aromatic rings. The zero-order valence-electron chi connectivity index (χ0n) is 23.4. The summed E-state index contributed by atoms with van der Waals surface area (Å²) in [6.45, 7) is 6.64. The first kappa shape index (κ1) is 27.2. The molecule has 7 nitrogen and oxygen atoms in total. The maximum absolute atomic E-state index is 13.7. The third-order valence-corrected chi connectivity index (χ3v) is 7.12. The minimum absolute atomic E-state index is 0.146. The van der Waals surface area contributed by atoms with Gasteiger partial charge in [-0.15, -0.1) is 0 Å². The van der Waals surface area contributed by atoms with Crippen molar-refractivity contribution in [2.75, 3.05) is 13.6 Å². The van der Waals surface area contributed by atoms with Crippen LogP contribution in [0.15, 0.2) is 91.4 Å². The lowest BCUT2D eigenvalue weighted by Crippen LogP contribution is -2.27. The second kappa shape index (κ2) is 12.7. The number of pyridine rings is 2. The van der Waals surface area contributed by atoms with E-state index >= 15 is 0 Å². The highest BCUT2D eigenvalue weighted by atomic mass is 16.1. The van der Waals surface area contributed by atoms with Gasteiger partial charge in [-0.1, -0.05) is 67.9 Å². The van der Waals surface area contributed by atoms with Crippen LogP contribution in [-0.4, -0.2) is 44.1 Å². The summed E-state index contributed by atoms with van der Waals surface area (Å²) in [6, 6.07) is 24.1. The standard InChI is InChI=1S/C33H36N6O/c1-4-5-17-38(3)22-25-11-9-15-28(18-25)31-19-29(33(40)36-24(2)27-13-7-6-8-14-27)30-21-35-39(32(30)37-31)23-26-12-10-16-34-20-26/h6-16,18-21,24H,4-5,17,22-23H2,1-3H3,(H,36,40)/t24-/m0/s1. The molecule has 1 N–H and O–H groups in total. The first-order valence-electron chi connectivity index (χ1n) is 13.9. The molecule has 0 fully saturated rings. The molecule has 0 aliphatic heterocycles. The highest BCUT2D eigenvalue weighted by Crippen LogP contribution is 2.27. The van der Waals surface area contributed by atoms with E-state index < -0.39 is 0 Å². The van der Waals surface area contributed by atoms with E-state index in [1.807, 2.05) is 66.3 Å². The summed E-state index contributed by atoms with van der Waals surface area (Å²) in [5.41, 5.74) is 6.23. The molecule has 3 heterocycles. The van der Waals surface area contributed by atoms with Crippen LogP contribution in [0.3, 0.4) is 0 Å². The highest BCUT2D eigenvalue weighted by Gasteiger charge is 2.20. The number of unbranched alkanes of at least 4 members (excludes halogenated alkanes) is 1. The second-order valence-electron chi connectivity index (χ2n) is 10.4. The van der Waals surface area contributed by atoms with Crippen molar-refractivity contribution in [2.45, 2.75) is 45.8 Å². The van der Waals surface area contributed by atoms with E-state index in [-0.39, 0.29) is 11.9 Å². The minimum Gasteiger partial charge on any atom is -0.345 e. The van der Waals surface area contributed by atoms with E-state index in [0.29, 0.717) is 17.8 Å². The highest BCUT2D eigenvalue weighted by molar-refractivity contribution is 6.06. The van der Waals surface area contributed by atoms with Crippen LogP contribution in [0.4, 0.5) is 0 Å². The lowest BCUT2D eigenvalue weighted by Gasteiger charge is -2.17. The van der Waals surface area contributed by atoms with Crippen LogP contribution in [0.25, 0.3) is 22.3 Å². The van der Waals surface area contributed by atoms with Crippen molar-refractivity contribution in [3.05, 3.63) is 114 Å². The van der Waals surface area contributed by atoms with Gasteiger partial charge in [0.2, 0.25) is 0 Å². The zero-order chi connectivity index (χ0) is 27.9. The van der Waals surface area contributed by atoms with Crippen LogP contribution < -0.4 is 5.32 Å². The second-order valence-corrected chi connectivity index (χ2v) is 10.4. The molecule has 5 rings (SSSR count). The Kier molecular flexibility index (Phi) is 8.62. The maximum atomic E-state index is 13.7. The Labute approximate surface area is 235 Å². The molecule has 0 radical (unpaired) electrons. The topological polar surface area (TPSA) is 75.9 Å². The van der Waals surface area contributed by atoms with E-state index in [2.05, 4.69) is 58.5 Å². The maximum Gasteiger partial charge on any atom is 0.252 e. The molecule has 40 heavy (non-hydrogen) atoms. The first-order valence-corrected chi connectivity index (χ1v) is 13.9. The number of benzene rings is 2. The number of fused-ring (bicyclic) bond motifs is 1. The Morgan fingerprint density at radius 3 is 2.60 bits per heavy atom. The number of hydrogen-bond acceptors (Lipinski definition) is 5. The Morgan fingerprint density at radius 2 is 1.82 bits per heavy atom. The summed E-state index contributed by atoms with van der Waals surface area (Å²) >= 11 is 0. The Hall–Kier alpha value is -4.36. The molecule has 0 bridgehead atoms. The van der Waals surface area contributed by atoms with Gasteiger partial charge in [-0.25, -0.2) is 9.67 Å². The van der Waals surface area contributed by atoms with Crippen molar-refractivity contribution in [3.63, 3.8) is 0 Å². The van der Waals surface area contributed by atoms with E-state index in [1.54, 1.807) is 12.4 Å². The van der Waals surface area contributed by atoms with Gasteiger partial charge < -0.3 is 10.2 Å². The molecular weight excluding hydrogens is 496 g/mol. The molecule has 2 aromatic carbocycles. The van der Waals surface area contributed by atoms with Crippen molar-refractivity contribution in [3.8, 4) is 11.3 Å². The number of hydrogen-bond donors (Lipinski definition) is 1. The fourth-order valence-corrected chi connectivity index (χ4v) is 4.91. The summed E-state index contributed by atoms with van der Waals surface area (Å²) in [4.78, 5) is 25.3. The summed E-state index contributed by atoms with van der Waals surface area (Å²) in [5.74, 6) is -0.151. The molecule has 204 valence electrons. The third kappa shape index (κ3) is 6.43. The summed E-state index contributed by atoms with van der Waals surface area (Å²) < 4.78 is 1.84. The van der Waals surface area contributed by atoms with E-state index in [4.69, 9.17) is 4.98 Å². The van der Waals surface area contributed by atoms with Crippen molar-refractivity contribution in [2.24, 2.45) is 0 Å². The molecule has 7 heteroatoms. The van der Waals surface area contributed by atoms with Gasteiger partial charge in [0, 0.05) is 24.5 Å². The molecule has 0 aliphatic rings. The molecule has 0 aliphatic carbocycles. The summed E-state index contributed by atoms with van der Waals surface area (Å²) in [6.07, 6.45) is 7.67. The summed E-state index contributed by atoms with van der Waals surface area (Å²) in [5, 5.41) is 8.53. The van der Waals surface area contributed by atoms with Gasteiger partial charge in [0.25, 0.3) is 5.91 Å². The number of rotatable bonds is 11. The van der Waals surface area contributed by atoms with Gasteiger partial charge in [-0.3, -0.25) is 9.78 Å². The van der Waals surface area contributed by atoms with Crippen LogP contribution >= 0.6 is 0 Å². The van der Waals surface area contributed by atoms with Gasteiger partial charge >= 0.3 is 0 Å². The fraction of sp³-hybridized carbons (Fsp3) is 0.273. The van der Waals surface area contributed by atoms with Gasteiger partial charge in [-0.05, 0) is 61.8 Å². The van der Waals surface area contributed by atoms with Crippen molar-refractivity contribution >= 4 is 16.9 Å². The van der Waals surface area contributed by atoms with Crippen LogP contribution in [0, 0.1) is 0 Å². The lowest BCUT2D eigenvalue weighted by atomic mass is 10.0. The average Bonchev–Trinajstić information content (AvgIpc) is 3.39. The first-order chi connectivity index (χ1) is 19.5. The molecular formula is C33H36N6O. The predicted octanol–water partition coefficient (Wildman–Crippen LogP) is 6.26. The fourth-order valence-electron chi connectivity index (χ4n) is 4.91. The number of carbonyl (C=O) groups is 1. The van der Waals surface area contributed by atoms with Gasteiger partial charge in [0.1, 0.15) is 0 Å². The molecule has 0 spiro atoms. The molecule has 0 saturated heterocycles. The molecule has 0 saturated carbocycles. The van der Waals surface area contributed by atoms with Crippen molar-refractivity contribution in [1.82, 2.24) is 30.0 Å². The van der Waals surface area contributed by atoms with Crippen LogP contribution in [0.2, 0.25) is 0 Å². The normalized spacial score (nSPS) is 12.1. The van der Waals surface area contributed by atoms with Gasteiger partial charge in [-0.2, -0.15) is 5.10 Å². The number of aromatic nitrogens is 4. The van der Waals surface area contributed by atoms with Gasteiger partial charge in [0.15, 0.2) is 5.65 Å². The quantitative estimate of drug-likeness (QED) is 0.217. The number of amides is 1. The zero-order valence-corrected chi connectivity index (χ0v) is 23.4. The van der Waals surface area contributed by atoms with Crippen LogP contribution in [0.1, 0.15) is 59.8 Å². The number of carbonyl (C=O) groups excluding carboxylic acids is 1. The van der Waals surface area contributed by atoms with Gasteiger partial charge in [0.05, 0.1) is 35.4 Å². The Morgan fingerprint density at radius 1 is 1.00 bits per heavy atom. The Balaban J connectivity index is 1.53. The van der Waals surface area contributed by atoms with Crippen molar-refractivity contribution in [1.29, 1.82) is 0 Å². The van der Waals surface area contributed by atoms with E-state index in [0.717, 1.165) is 40.9 Å².